The summed E-state index contributed by atoms with van der Waals surface area (Å²) in [6.45, 7) is 6.74. The van der Waals surface area contributed by atoms with Gasteiger partial charge in [0, 0.05) is 18.0 Å². The molecular formula is C20H22N2S. The van der Waals surface area contributed by atoms with E-state index in [-0.39, 0.29) is 0 Å². The summed E-state index contributed by atoms with van der Waals surface area (Å²) in [5, 5.41) is 0. The normalized spacial score (nSPS) is 10.9. The zero-order valence-corrected chi connectivity index (χ0v) is 14.8. The Hall–Kier alpha value is -2.00. The number of benzene rings is 1. The molecule has 3 rings (SSSR count). The molecule has 0 bridgehead atoms. The van der Waals surface area contributed by atoms with Gasteiger partial charge in [0.05, 0.1) is 10.6 Å². The van der Waals surface area contributed by atoms with Crippen LogP contribution in [0, 0.1) is 0 Å². The Morgan fingerprint density at radius 3 is 2.04 bits per heavy atom. The van der Waals surface area contributed by atoms with E-state index in [1.54, 1.807) is 11.5 Å². The Morgan fingerprint density at radius 2 is 1.48 bits per heavy atom. The summed E-state index contributed by atoms with van der Waals surface area (Å²) in [5.74, 6) is 0. The van der Waals surface area contributed by atoms with E-state index in [0.29, 0.717) is 0 Å². The maximum Gasteiger partial charge on any atom is 0.0848 e. The summed E-state index contributed by atoms with van der Waals surface area (Å²) in [6.07, 6.45) is 6.90. The Bertz CT molecular complexity index is 765. The van der Waals surface area contributed by atoms with Gasteiger partial charge in [-0.2, -0.15) is 4.37 Å². The summed E-state index contributed by atoms with van der Waals surface area (Å²) >= 11 is 1.58. The molecule has 0 atom stereocenters. The minimum Gasteiger partial charge on any atom is -0.265 e. The van der Waals surface area contributed by atoms with Crippen LogP contribution in [0.1, 0.15) is 37.5 Å². The molecule has 2 nitrogen and oxygen atoms in total. The molecule has 0 fully saturated rings. The van der Waals surface area contributed by atoms with Crippen molar-refractivity contribution in [2.45, 2.75) is 40.0 Å². The molecule has 3 heteroatoms. The highest BCUT2D eigenvalue weighted by atomic mass is 32.1. The maximum atomic E-state index is 4.63. The second-order valence-corrected chi connectivity index (χ2v) is 6.45. The fourth-order valence-electron chi connectivity index (χ4n) is 3.09. The van der Waals surface area contributed by atoms with Gasteiger partial charge in [0.25, 0.3) is 0 Å². The molecule has 0 saturated carbocycles. The number of hydrogen-bond donors (Lipinski definition) is 0. The van der Waals surface area contributed by atoms with E-state index in [1.165, 1.54) is 27.1 Å². The molecule has 0 unspecified atom stereocenters. The monoisotopic (exact) mass is 322 g/mol. The van der Waals surface area contributed by atoms with Crippen LogP contribution in [-0.2, 0) is 19.3 Å². The van der Waals surface area contributed by atoms with Gasteiger partial charge in [-0.15, -0.1) is 0 Å². The zero-order chi connectivity index (χ0) is 16.2. The lowest BCUT2D eigenvalue weighted by atomic mass is 9.92. The van der Waals surface area contributed by atoms with Gasteiger partial charge in [-0.25, -0.2) is 0 Å². The Labute approximate surface area is 142 Å². The molecule has 0 aliphatic carbocycles. The predicted molar refractivity (Wildman–Crippen MR) is 98.9 cm³/mol. The van der Waals surface area contributed by atoms with Crippen LogP contribution < -0.4 is 0 Å². The standard InChI is InChI=1S/C20H22N2S/c1-4-14-11-17(12-15(5-2)18(14)6-3)20-13-19(22-23-20)16-7-9-21-10-8-16/h7-13H,4-6H2,1-3H3. The fraction of sp³-hybridized carbons (Fsp3) is 0.300. The highest BCUT2D eigenvalue weighted by Gasteiger charge is 2.11. The predicted octanol–water partition coefficient (Wildman–Crippen LogP) is 5.56. The first-order chi connectivity index (χ1) is 11.3. The quantitative estimate of drug-likeness (QED) is 0.614. The van der Waals surface area contributed by atoms with Gasteiger partial charge in [-0.1, -0.05) is 32.9 Å². The molecule has 1 aromatic carbocycles. The third-order valence-electron chi connectivity index (χ3n) is 4.32. The van der Waals surface area contributed by atoms with Crippen LogP contribution in [0.15, 0.2) is 42.7 Å². The SMILES string of the molecule is CCc1cc(-c2cc(-c3ccncc3)ns2)cc(CC)c1CC. The Kier molecular flexibility index (Phi) is 4.87. The van der Waals surface area contributed by atoms with Gasteiger partial charge < -0.3 is 0 Å². The maximum absolute atomic E-state index is 4.63. The first kappa shape index (κ1) is 15.9. The van der Waals surface area contributed by atoms with Crippen molar-refractivity contribution in [2.24, 2.45) is 0 Å². The number of nitrogens with zero attached hydrogens (tertiary/aromatic N) is 2. The third kappa shape index (κ3) is 3.20. The number of aromatic nitrogens is 2. The van der Waals surface area contributed by atoms with Crippen molar-refractivity contribution in [1.29, 1.82) is 0 Å². The lowest BCUT2D eigenvalue weighted by Crippen LogP contribution is -1.98. The van der Waals surface area contributed by atoms with Crippen molar-refractivity contribution >= 4 is 11.5 Å². The van der Waals surface area contributed by atoms with Crippen molar-refractivity contribution < 1.29 is 0 Å². The number of aryl methyl sites for hydroxylation is 2. The minimum atomic E-state index is 1.03. The summed E-state index contributed by atoms with van der Waals surface area (Å²) in [4.78, 5) is 5.32. The van der Waals surface area contributed by atoms with E-state index in [9.17, 15) is 0 Å². The van der Waals surface area contributed by atoms with Crippen molar-refractivity contribution in [3.63, 3.8) is 0 Å². The van der Waals surface area contributed by atoms with Gasteiger partial charge in [0.2, 0.25) is 0 Å². The average molecular weight is 322 g/mol. The Balaban J connectivity index is 2.04. The van der Waals surface area contributed by atoms with Crippen molar-refractivity contribution in [3.8, 4) is 21.7 Å². The van der Waals surface area contributed by atoms with E-state index < -0.39 is 0 Å². The lowest BCUT2D eigenvalue weighted by Gasteiger charge is -2.13. The molecule has 3 aromatic rings. The van der Waals surface area contributed by atoms with Crippen molar-refractivity contribution in [2.75, 3.05) is 0 Å². The highest BCUT2D eigenvalue weighted by Crippen LogP contribution is 2.32. The highest BCUT2D eigenvalue weighted by molar-refractivity contribution is 7.09. The molecule has 0 spiro atoms. The summed E-state index contributed by atoms with van der Waals surface area (Å²) < 4.78 is 4.63. The molecule has 0 saturated heterocycles. The third-order valence-corrected chi connectivity index (χ3v) is 5.16. The summed E-state index contributed by atoms with van der Waals surface area (Å²) in [7, 11) is 0. The molecule has 0 radical (unpaired) electrons. The van der Waals surface area contributed by atoms with Gasteiger partial charge in [0.15, 0.2) is 0 Å². The van der Waals surface area contributed by atoms with Crippen LogP contribution in [0.25, 0.3) is 21.7 Å². The van der Waals surface area contributed by atoms with E-state index in [2.05, 4.69) is 48.3 Å². The first-order valence-corrected chi connectivity index (χ1v) is 9.06. The molecule has 0 aliphatic rings. The molecule has 0 amide bonds. The van der Waals surface area contributed by atoms with Gasteiger partial charge in [-0.05, 0) is 71.2 Å². The summed E-state index contributed by atoms with van der Waals surface area (Å²) in [5.41, 5.74) is 7.93. The first-order valence-electron chi connectivity index (χ1n) is 8.28. The molecule has 2 heterocycles. The van der Waals surface area contributed by atoms with Gasteiger partial charge in [0.1, 0.15) is 0 Å². The topological polar surface area (TPSA) is 25.8 Å². The molecular weight excluding hydrogens is 300 g/mol. The lowest BCUT2D eigenvalue weighted by molar-refractivity contribution is 0.982. The molecule has 118 valence electrons. The van der Waals surface area contributed by atoms with Crippen molar-refractivity contribution in [3.05, 3.63) is 59.4 Å². The van der Waals surface area contributed by atoms with Crippen molar-refractivity contribution in [1.82, 2.24) is 9.36 Å². The average Bonchev–Trinajstić information content (AvgIpc) is 3.11. The van der Waals surface area contributed by atoms with E-state index in [0.717, 1.165) is 30.5 Å². The molecule has 0 aliphatic heterocycles. The van der Waals surface area contributed by atoms with E-state index >= 15 is 0 Å². The van der Waals surface area contributed by atoms with Crippen LogP contribution in [0.5, 0.6) is 0 Å². The second-order valence-electron chi connectivity index (χ2n) is 5.65. The smallest absolute Gasteiger partial charge is 0.0848 e. The molecule has 23 heavy (non-hydrogen) atoms. The molecule has 2 aromatic heterocycles. The number of pyridine rings is 1. The van der Waals surface area contributed by atoms with Crippen LogP contribution in [0.2, 0.25) is 0 Å². The van der Waals surface area contributed by atoms with E-state index in [4.69, 9.17) is 0 Å². The van der Waals surface area contributed by atoms with Crippen LogP contribution in [-0.4, -0.2) is 9.36 Å². The van der Waals surface area contributed by atoms with Crippen LogP contribution in [0.3, 0.4) is 0 Å². The largest absolute Gasteiger partial charge is 0.265 e. The van der Waals surface area contributed by atoms with Gasteiger partial charge >= 0.3 is 0 Å². The van der Waals surface area contributed by atoms with Crippen LogP contribution in [0.4, 0.5) is 0 Å². The Morgan fingerprint density at radius 1 is 0.826 bits per heavy atom. The second kappa shape index (κ2) is 7.05. The fourth-order valence-corrected chi connectivity index (χ4v) is 3.84. The zero-order valence-electron chi connectivity index (χ0n) is 14.0. The number of rotatable bonds is 5. The van der Waals surface area contributed by atoms with Crippen LogP contribution >= 0.6 is 11.5 Å². The van der Waals surface area contributed by atoms with E-state index in [1.807, 2.05) is 24.5 Å². The molecule has 0 N–H and O–H groups in total. The summed E-state index contributed by atoms with van der Waals surface area (Å²) in [6, 6.07) is 10.9. The van der Waals surface area contributed by atoms with Gasteiger partial charge in [-0.3, -0.25) is 4.98 Å². The minimum absolute atomic E-state index is 1.03. The number of hydrogen-bond acceptors (Lipinski definition) is 3.